The average molecular weight is 672 g/mol. The molecule has 3 heteroatoms. The number of aryl methyl sites for hydroxylation is 1. The minimum atomic E-state index is -0.394. The van der Waals surface area contributed by atoms with Gasteiger partial charge in [0.15, 0.2) is 5.58 Å². The predicted octanol–water partition coefficient (Wildman–Crippen LogP) is 12.8. The quantitative estimate of drug-likeness (QED) is 0.182. The highest BCUT2D eigenvalue weighted by Crippen LogP contribution is 2.57. The van der Waals surface area contributed by atoms with Gasteiger partial charge in [0, 0.05) is 22.2 Å². The molecule has 1 atom stereocenters. The fraction of sp³-hybridized carbons (Fsp3) is 0.102. The number of furan rings is 1. The van der Waals surface area contributed by atoms with Crippen molar-refractivity contribution in [1.82, 2.24) is 0 Å². The summed E-state index contributed by atoms with van der Waals surface area (Å²) in [6.07, 6.45) is 20.7. The van der Waals surface area contributed by atoms with Crippen molar-refractivity contribution in [2.75, 3.05) is 4.90 Å². The molecule has 0 N–H and O–H groups in total. The Hall–Kier alpha value is -6.32. The first kappa shape index (κ1) is 30.5. The van der Waals surface area contributed by atoms with Gasteiger partial charge in [-0.1, -0.05) is 122 Å². The first-order chi connectivity index (χ1) is 25.7. The van der Waals surface area contributed by atoms with E-state index in [9.17, 15) is 0 Å². The molecule has 0 saturated heterocycles. The number of rotatable bonds is 5. The number of fused-ring (bicyclic) bond motifs is 6. The van der Waals surface area contributed by atoms with Crippen LogP contribution in [0.4, 0.5) is 17.1 Å². The first-order valence-electron chi connectivity index (χ1n) is 18.2. The van der Waals surface area contributed by atoms with Crippen molar-refractivity contribution in [2.45, 2.75) is 31.1 Å². The van der Waals surface area contributed by atoms with Crippen LogP contribution in [0, 0.1) is 0 Å². The smallest absolute Gasteiger partial charge is 0.159 e. The minimum absolute atomic E-state index is 0.394. The number of anilines is 3. The summed E-state index contributed by atoms with van der Waals surface area (Å²) in [5, 5.41) is 1.16. The molecule has 5 aromatic carbocycles. The van der Waals surface area contributed by atoms with Crippen LogP contribution in [-0.4, -0.2) is 0 Å². The van der Waals surface area contributed by atoms with E-state index >= 15 is 0 Å². The van der Waals surface area contributed by atoms with Crippen LogP contribution in [0.1, 0.15) is 58.4 Å². The van der Waals surface area contributed by atoms with Crippen molar-refractivity contribution in [3.63, 3.8) is 0 Å². The zero-order valence-corrected chi connectivity index (χ0v) is 28.9. The van der Waals surface area contributed by atoms with Gasteiger partial charge in [0.1, 0.15) is 11.5 Å². The second-order valence-corrected chi connectivity index (χ2v) is 13.9. The van der Waals surface area contributed by atoms with Crippen LogP contribution in [0.3, 0.4) is 0 Å². The van der Waals surface area contributed by atoms with Crippen molar-refractivity contribution in [3.8, 4) is 5.75 Å². The second kappa shape index (κ2) is 12.2. The lowest BCUT2D eigenvalue weighted by molar-refractivity contribution is 0.480. The highest BCUT2D eigenvalue weighted by atomic mass is 16.5. The maximum absolute atomic E-state index is 6.72. The molecule has 3 nitrogen and oxygen atoms in total. The molecule has 0 amide bonds. The monoisotopic (exact) mass is 671 g/mol. The Morgan fingerprint density at radius 2 is 1.42 bits per heavy atom. The second-order valence-electron chi connectivity index (χ2n) is 13.9. The average Bonchev–Trinajstić information content (AvgIpc) is 3.72. The topological polar surface area (TPSA) is 25.6 Å². The lowest BCUT2D eigenvalue weighted by atomic mass is 9.65. The summed E-state index contributed by atoms with van der Waals surface area (Å²) < 4.78 is 12.9. The Morgan fingerprint density at radius 1 is 0.654 bits per heavy atom. The molecule has 6 aromatic rings. The van der Waals surface area contributed by atoms with Crippen LogP contribution in [0.25, 0.3) is 28.2 Å². The molecular formula is C49H37NO2. The van der Waals surface area contributed by atoms with E-state index in [4.69, 9.17) is 9.15 Å². The third-order valence-corrected chi connectivity index (χ3v) is 11.2. The van der Waals surface area contributed by atoms with E-state index < -0.39 is 5.41 Å². The van der Waals surface area contributed by atoms with Crippen molar-refractivity contribution in [2.24, 2.45) is 0 Å². The van der Waals surface area contributed by atoms with E-state index in [2.05, 4.69) is 145 Å². The van der Waals surface area contributed by atoms with Gasteiger partial charge >= 0.3 is 0 Å². The van der Waals surface area contributed by atoms with Crippen molar-refractivity contribution < 1.29 is 9.15 Å². The van der Waals surface area contributed by atoms with E-state index in [1.54, 1.807) is 6.26 Å². The van der Waals surface area contributed by atoms with E-state index in [-0.39, 0.29) is 0 Å². The first-order valence-corrected chi connectivity index (χ1v) is 18.2. The molecule has 4 aliphatic rings. The Labute approximate surface area is 304 Å². The van der Waals surface area contributed by atoms with Gasteiger partial charge < -0.3 is 14.1 Å². The lowest BCUT2D eigenvalue weighted by Gasteiger charge is -2.37. The SMILES string of the molecule is C=C1/C=C\C=C/Oc2cccc(N(c3ccc(C4(c5ccccc5)C5=C(C=CCC5)c5ccccc54)cc3)c3cccc4c5c(oc34)C=CCC5)c21. The summed E-state index contributed by atoms with van der Waals surface area (Å²) in [7, 11) is 0. The summed E-state index contributed by atoms with van der Waals surface area (Å²) in [4.78, 5) is 2.32. The molecule has 0 fully saturated rings. The van der Waals surface area contributed by atoms with Crippen LogP contribution in [0.5, 0.6) is 5.75 Å². The Kier molecular flexibility index (Phi) is 7.14. The molecule has 3 aliphatic carbocycles. The number of para-hydroxylation sites is 1. The molecular weight excluding hydrogens is 635 g/mol. The molecule has 52 heavy (non-hydrogen) atoms. The zero-order valence-electron chi connectivity index (χ0n) is 28.9. The molecule has 0 spiro atoms. The highest BCUT2D eigenvalue weighted by Gasteiger charge is 2.47. The third kappa shape index (κ3) is 4.52. The largest absolute Gasteiger partial charge is 0.464 e. The molecule has 1 unspecified atom stereocenters. The molecule has 1 aromatic heterocycles. The van der Waals surface area contributed by atoms with Gasteiger partial charge in [0.05, 0.1) is 23.1 Å². The van der Waals surface area contributed by atoms with Gasteiger partial charge in [0.25, 0.3) is 0 Å². The van der Waals surface area contributed by atoms with Gasteiger partial charge in [-0.3, -0.25) is 0 Å². The summed E-state index contributed by atoms with van der Waals surface area (Å²) in [5.41, 5.74) is 14.6. The zero-order chi connectivity index (χ0) is 34.6. The summed E-state index contributed by atoms with van der Waals surface area (Å²) in [5.74, 6) is 1.71. The number of hydrogen-bond acceptors (Lipinski definition) is 3. The van der Waals surface area contributed by atoms with E-state index in [0.717, 1.165) is 76.4 Å². The Balaban J connectivity index is 1.21. The summed E-state index contributed by atoms with van der Waals surface area (Å²) >= 11 is 0. The van der Waals surface area contributed by atoms with Crippen molar-refractivity contribution in [3.05, 3.63) is 209 Å². The predicted molar refractivity (Wildman–Crippen MR) is 214 cm³/mol. The van der Waals surface area contributed by atoms with Crippen molar-refractivity contribution in [1.29, 1.82) is 0 Å². The molecule has 250 valence electrons. The van der Waals surface area contributed by atoms with Gasteiger partial charge in [0.2, 0.25) is 0 Å². The number of ether oxygens (including phenoxy) is 1. The molecule has 1 aliphatic heterocycles. The Bertz CT molecular complexity index is 2560. The normalized spacial score (nSPS) is 19.6. The van der Waals surface area contributed by atoms with E-state index in [1.165, 1.54) is 39.0 Å². The lowest BCUT2D eigenvalue weighted by Crippen LogP contribution is -2.30. The van der Waals surface area contributed by atoms with Crippen LogP contribution in [-0.2, 0) is 11.8 Å². The fourth-order valence-corrected chi connectivity index (χ4v) is 9.00. The maximum Gasteiger partial charge on any atom is 0.159 e. The Morgan fingerprint density at radius 3 is 2.33 bits per heavy atom. The van der Waals surface area contributed by atoms with Gasteiger partial charge in [-0.15, -0.1) is 0 Å². The molecule has 0 radical (unpaired) electrons. The van der Waals surface area contributed by atoms with E-state index in [1.807, 2.05) is 24.3 Å². The van der Waals surface area contributed by atoms with Crippen LogP contribution < -0.4 is 9.64 Å². The minimum Gasteiger partial charge on any atom is -0.464 e. The van der Waals surface area contributed by atoms with Crippen molar-refractivity contribution >= 4 is 45.3 Å². The molecule has 0 bridgehead atoms. The molecule has 2 heterocycles. The van der Waals surface area contributed by atoms with E-state index in [0.29, 0.717) is 0 Å². The molecule has 10 rings (SSSR count). The van der Waals surface area contributed by atoms with Crippen LogP contribution in [0.2, 0.25) is 0 Å². The number of nitrogens with zero attached hydrogens (tertiary/aromatic N) is 1. The van der Waals surface area contributed by atoms with Gasteiger partial charge in [-0.05, 0) is 107 Å². The fourth-order valence-electron chi connectivity index (χ4n) is 9.00. The maximum atomic E-state index is 6.72. The van der Waals surface area contributed by atoms with Crippen LogP contribution in [0.15, 0.2) is 175 Å². The standard InChI is InChI=1S/C49H37NO2/c1-33-15-11-12-32-51-46-27-14-24-43(47(33)46)50(44-25-13-21-40-39-20-7-10-26-45(39)52-48(40)44)36-30-28-35(29-31-36)49(34-16-3-2-4-17-34)41-22-8-5-18-37(41)38-19-6-9-23-42(38)49/h2-6,8,10-19,21-22,24-32H,1,7,9,20,23H2/b15-11-,32-12-. The summed E-state index contributed by atoms with van der Waals surface area (Å²) in [6, 6.07) is 42.0. The number of allylic oxidation sites excluding steroid dienone is 9. The third-order valence-electron chi connectivity index (χ3n) is 11.2. The molecule has 0 saturated carbocycles. The number of benzene rings is 5. The summed E-state index contributed by atoms with van der Waals surface area (Å²) in [6.45, 7) is 4.50. The van der Waals surface area contributed by atoms with Gasteiger partial charge in [-0.2, -0.15) is 0 Å². The van der Waals surface area contributed by atoms with Crippen LogP contribution >= 0.6 is 0 Å². The number of hydrogen-bond donors (Lipinski definition) is 0. The highest BCUT2D eigenvalue weighted by molar-refractivity contribution is 6.01. The van der Waals surface area contributed by atoms with Gasteiger partial charge in [-0.25, -0.2) is 0 Å².